The number of amides is 2. The fraction of sp³-hybridized carbons (Fsp3) is 0.800. The van der Waals surface area contributed by atoms with Crippen LogP contribution in [-0.2, 0) is 9.59 Å². The first-order chi connectivity index (χ1) is 7.20. The number of rotatable bonds is 3. The van der Waals surface area contributed by atoms with Gasteiger partial charge in [-0.1, -0.05) is 19.3 Å². The molecule has 0 heterocycles. The molecule has 0 radical (unpaired) electrons. The number of nitrogens with zero attached hydrogens (tertiary/aromatic N) is 1. The smallest absolute Gasteiger partial charge is 0.260 e. The summed E-state index contributed by atoms with van der Waals surface area (Å²) in [6.45, 7) is -2.47. The fourth-order valence-electron chi connectivity index (χ4n) is 2.01. The standard InChI is InChI=1S/C10H15F2NO2/c11-6-9(14)13(10(15)7-12)8-4-2-1-3-5-8/h8H,1-7H2. The highest BCUT2D eigenvalue weighted by molar-refractivity contribution is 5.96. The van der Waals surface area contributed by atoms with E-state index >= 15 is 0 Å². The second kappa shape index (κ2) is 5.78. The van der Waals surface area contributed by atoms with Crippen LogP contribution < -0.4 is 0 Å². The molecule has 0 aromatic carbocycles. The Labute approximate surface area is 87.4 Å². The van der Waals surface area contributed by atoms with Crippen LogP contribution in [0.25, 0.3) is 0 Å². The Balaban J connectivity index is 2.69. The van der Waals surface area contributed by atoms with Crippen molar-refractivity contribution in [3.63, 3.8) is 0 Å². The van der Waals surface area contributed by atoms with Gasteiger partial charge in [-0.25, -0.2) is 8.78 Å². The normalized spacial score (nSPS) is 17.5. The predicted molar refractivity (Wildman–Crippen MR) is 50.7 cm³/mol. The van der Waals surface area contributed by atoms with E-state index in [-0.39, 0.29) is 6.04 Å². The highest BCUT2D eigenvalue weighted by atomic mass is 19.1. The molecule has 0 atom stereocenters. The monoisotopic (exact) mass is 219 g/mol. The minimum absolute atomic E-state index is 0.301. The Hall–Kier alpha value is -1.00. The van der Waals surface area contributed by atoms with Crippen LogP contribution in [-0.4, -0.2) is 36.1 Å². The molecule has 0 unspecified atom stereocenters. The quantitative estimate of drug-likeness (QED) is 0.723. The van der Waals surface area contributed by atoms with Crippen molar-refractivity contribution in [1.29, 1.82) is 0 Å². The Kier molecular flexibility index (Phi) is 4.65. The van der Waals surface area contributed by atoms with Crippen molar-refractivity contribution in [1.82, 2.24) is 4.90 Å². The van der Waals surface area contributed by atoms with Gasteiger partial charge in [0, 0.05) is 6.04 Å². The molecule has 1 aliphatic rings. The van der Waals surface area contributed by atoms with E-state index in [0.717, 1.165) is 24.2 Å². The molecule has 5 heteroatoms. The van der Waals surface area contributed by atoms with E-state index in [4.69, 9.17) is 0 Å². The highest BCUT2D eigenvalue weighted by Gasteiger charge is 2.30. The van der Waals surface area contributed by atoms with E-state index in [9.17, 15) is 18.4 Å². The number of halogens is 2. The maximum atomic E-state index is 12.2. The van der Waals surface area contributed by atoms with Crippen molar-refractivity contribution in [2.75, 3.05) is 13.3 Å². The molecular formula is C10H15F2NO2. The third-order valence-corrected chi connectivity index (χ3v) is 2.71. The molecule has 1 saturated carbocycles. The summed E-state index contributed by atoms with van der Waals surface area (Å²) in [6.07, 6.45) is 4.19. The maximum absolute atomic E-state index is 12.2. The summed E-state index contributed by atoms with van der Waals surface area (Å²) in [7, 11) is 0. The zero-order chi connectivity index (χ0) is 11.3. The molecule has 0 bridgehead atoms. The number of alkyl halides is 2. The van der Waals surface area contributed by atoms with Crippen LogP contribution in [0, 0.1) is 0 Å². The number of hydrogen-bond acceptors (Lipinski definition) is 2. The van der Waals surface area contributed by atoms with Crippen molar-refractivity contribution in [2.24, 2.45) is 0 Å². The van der Waals surface area contributed by atoms with Gasteiger partial charge in [0.05, 0.1) is 0 Å². The minimum Gasteiger partial charge on any atom is -0.275 e. The molecule has 1 fully saturated rings. The molecule has 86 valence electrons. The summed E-state index contributed by atoms with van der Waals surface area (Å²) in [5, 5.41) is 0. The lowest BCUT2D eigenvalue weighted by atomic mass is 9.94. The average molecular weight is 219 g/mol. The van der Waals surface area contributed by atoms with Crippen LogP contribution >= 0.6 is 0 Å². The maximum Gasteiger partial charge on any atom is 0.260 e. The van der Waals surface area contributed by atoms with Crippen LogP contribution in [0.3, 0.4) is 0 Å². The highest BCUT2D eigenvalue weighted by Crippen LogP contribution is 2.23. The molecule has 0 aromatic heterocycles. The lowest BCUT2D eigenvalue weighted by Crippen LogP contribution is -2.47. The molecule has 15 heavy (non-hydrogen) atoms. The first-order valence-electron chi connectivity index (χ1n) is 5.17. The zero-order valence-corrected chi connectivity index (χ0v) is 8.55. The second-order valence-electron chi connectivity index (χ2n) is 3.72. The lowest BCUT2D eigenvalue weighted by Gasteiger charge is -2.31. The summed E-state index contributed by atoms with van der Waals surface area (Å²) in [5.41, 5.74) is 0. The van der Waals surface area contributed by atoms with Crippen molar-refractivity contribution >= 4 is 11.8 Å². The summed E-state index contributed by atoms with van der Waals surface area (Å²) in [4.78, 5) is 23.1. The first-order valence-corrected chi connectivity index (χ1v) is 5.17. The van der Waals surface area contributed by atoms with Crippen molar-refractivity contribution in [3.8, 4) is 0 Å². The number of carbonyl (C=O) groups excluding carboxylic acids is 2. The van der Waals surface area contributed by atoms with E-state index < -0.39 is 25.2 Å². The topological polar surface area (TPSA) is 37.4 Å². The molecule has 1 aliphatic carbocycles. The Morgan fingerprint density at radius 1 is 1.00 bits per heavy atom. The van der Waals surface area contributed by atoms with Crippen molar-refractivity contribution < 1.29 is 18.4 Å². The van der Waals surface area contributed by atoms with Gasteiger partial charge in [0.25, 0.3) is 11.8 Å². The molecule has 0 N–H and O–H groups in total. The molecule has 3 nitrogen and oxygen atoms in total. The van der Waals surface area contributed by atoms with E-state index in [1.807, 2.05) is 0 Å². The van der Waals surface area contributed by atoms with Crippen LogP contribution in [0.2, 0.25) is 0 Å². The first kappa shape index (κ1) is 12.1. The van der Waals surface area contributed by atoms with Crippen molar-refractivity contribution in [2.45, 2.75) is 38.1 Å². The van der Waals surface area contributed by atoms with Gasteiger partial charge in [-0.05, 0) is 12.8 Å². The zero-order valence-electron chi connectivity index (χ0n) is 8.55. The van der Waals surface area contributed by atoms with Gasteiger partial charge >= 0.3 is 0 Å². The Morgan fingerprint density at radius 3 is 1.87 bits per heavy atom. The van der Waals surface area contributed by atoms with Gasteiger partial charge < -0.3 is 0 Å². The van der Waals surface area contributed by atoms with E-state index in [0.29, 0.717) is 12.8 Å². The van der Waals surface area contributed by atoms with Crippen molar-refractivity contribution in [3.05, 3.63) is 0 Å². The SMILES string of the molecule is O=C(CF)N(C(=O)CF)C1CCCCC1. The van der Waals surface area contributed by atoms with Gasteiger partial charge in [-0.3, -0.25) is 14.5 Å². The molecule has 1 rings (SSSR count). The Morgan fingerprint density at radius 2 is 1.47 bits per heavy atom. The second-order valence-corrected chi connectivity index (χ2v) is 3.72. The molecule has 0 aromatic rings. The number of carbonyl (C=O) groups is 2. The predicted octanol–water partition coefficient (Wildman–Crippen LogP) is 1.61. The molecule has 2 amide bonds. The molecule has 0 saturated heterocycles. The largest absolute Gasteiger partial charge is 0.275 e. The summed E-state index contributed by atoms with van der Waals surface area (Å²) in [6, 6.07) is -0.301. The Bertz CT molecular complexity index is 224. The number of hydrogen-bond donors (Lipinski definition) is 0. The third-order valence-electron chi connectivity index (χ3n) is 2.71. The number of imide groups is 1. The van der Waals surface area contributed by atoms with Gasteiger partial charge in [0.2, 0.25) is 0 Å². The van der Waals surface area contributed by atoms with Crippen LogP contribution in [0.4, 0.5) is 8.78 Å². The summed E-state index contributed by atoms with van der Waals surface area (Å²) < 4.78 is 24.4. The lowest BCUT2D eigenvalue weighted by molar-refractivity contribution is -0.149. The van der Waals surface area contributed by atoms with Gasteiger partial charge in [-0.15, -0.1) is 0 Å². The molecule has 0 aliphatic heterocycles. The van der Waals surface area contributed by atoms with E-state index in [2.05, 4.69) is 0 Å². The molecule has 0 spiro atoms. The minimum atomic E-state index is -1.23. The summed E-state index contributed by atoms with van der Waals surface area (Å²) >= 11 is 0. The van der Waals surface area contributed by atoms with Crippen LogP contribution in [0.15, 0.2) is 0 Å². The average Bonchev–Trinajstić information content (AvgIpc) is 2.30. The van der Waals surface area contributed by atoms with Crippen LogP contribution in [0.1, 0.15) is 32.1 Å². The van der Waals surface area contributed by atoms with Crippen LogP contribution in [0.5, 0.6) is 0 Å². The van der Waals surface area contributed by atoms with Gasteiger partial charge in [-0.2, -0.15) is 0 Å². The van der Waals surface area contributed by atoms with Gasteiger partial charge in [0.15, 0.2) is 13.3 Å². The summed E-state index contributed by atoms with van der Waals surface area (Å²) in [5.74, 6) is -1.82. The third kappa shape index (κ3) is 2.97. The fourth-order valence-corrected chi connectivity index (χ4v) is 2.01. The van der Waals surface area contributed by atoms with Gasteiger partial charge in [0.1, 0.15) is 0 Å². The van der Waals surface area contributed by atoms with E-state index in [1.54, 1.807) is 0 Å². The van der Waals surface area contributed by atoms with E-state index in [1.165, 1.54) is 0 Å². The molecular weight excluding hydrogens is 204 g/mol.